The predicted octanol–water partition coefficient (Wildman–Crippen LogP) is 5.39. The van der Waals surface area contributed by atoms with Gasteiger partial charge in [0.1, 0.15) is 23.9 Å². The smallest absolute Gasteiger partial charge is 0.126 e. The number of benzene rings is 2. The van der Waals surface area contributed by atoms with Crippen LogP contribution in [0.4, 0.5) is 4.39 Å². The minimum atomic E-state index is -0.182. The van der Waals surface area contributed by atoms with E-state index in [0.717, 1.165) is 61.2 Å². The molecule has 1 atom stereocenters. The van der Waals surface area contributed by atoms with Crippen LogP contribution >= 0.6 is 12.4 Å². The van der Waals surface area contributed by atoms with E-state index in [1.54, 1.807) is 13.2 Å². The van der Waals surface area contributed by atoms with Gasteiger partial charge in [-0.1, -0.05) is 13.0 Å². The molecule has 6 heteroatoms. The lowest BCUT2D eigenvalue weighted by atomic mass is 9.99. The van der Waals surface area contributed by atoms with E-state index in [9.17, 15) is 4.39 Å². The molecule has 3 aromatic rings. The summed E-state index contributed by atoms with van der Waals surface area (Å²) in [5, 5.41) is 0.992. The maximum absolute atomic E-state index is 13.6. The summed E-state index contributed by atoms with van der Waals surface area (Å²) in [6.45, 7) is 4.96. The van der Waals surface area contributed by atoms with Crippen LogP contribution in [0.2, 0.25) is 0 Å². The highest BCUT2D eigenvalue weighted by atomic mass is 35.5. The van der Waals surface area contributed by atoms with Crippen LogP contribution in [-0.4, -0.2) is 42.7 Å². The molecule has 1 aliphatic rings. The number of H-pyrrole nitrogens is 1. The molecule has 162 valence electrons. The van der Waals surface area contributed by atoms with Crippen molar-refractivity contribution >= 4 is 23.3 Å². The Kier molecular flexibility index (Phi) is 7.62. The molecule has 30 heavy (non-hydrogen) atoms. The number of hydrogen-bond acceptors (Lipinski definition) is 3. The Bertz CT molecular complexity index is 961. The zero-order chi connectivity index (χ0) is 20.2. The van der Waals surface area contributed by atoms with E-state index in [1.165, 1.54) is 17.2 Å². The Morgan fingerprint density at radius 1 is 1.23 bits per heavy atom. The van der Waals surface area contributed by atoms with Crippen LogP contribution in [0.5, 0.6) is 11.5 Å². The lowest BCUT2D eigenvalue weighted by Gasteiger charge is -2.35. The summed E-state index contributed by atoms with van der Waals surface area (Å²) >= 11 is 0. The van der Waals surface area contributed by atoms with E-state index in [-0.39, 0.29) is 18.2 Å². The van der Waals surface area contributed by atoms with Gasteiger partial charge in [-0.05, 0) is 74.7 Å². The maximum atomic E-state index is 13.6. The third-order valence-corrected chi connectivity index (χ3v) is 5.83. The monoisotopic (exact) mass is 432 g/mol. The summed E-state index contributed by atoms with van der Waals surface area (Å²) < 4.78 is 25.2. The number of nitrogens with zero attached hydrogens (tertiary/aromatic N) is 1. The van der Waals surface area contributed by atoms with Gasteiger partial charge < -0.3 is 14.5 Å². The van der Waals surface area contributed by atoms with Crippen LogP contribution in [0.3, 0.4) is 0 Å². The highest BCUT2D eigenvalue weighted by Gasteiger charge is 2.27. The Morgan fingerprint density at radius 3 is 2.90 bits per heavy atom. The molecule has 1 aliphatic heterocycles. The summed E-state index contributed by atoms with van der Waals surface area (Å²) in [5.74, 6) is 1.67. The van der Waals surface area contributed by atoms with Crippen LogP contribution in [0.25, 0.3) is 10.9 Å². The number of hydrogen-bond donors (Lipinski definition) is 1. The Hall–Kier alpha value is -2.24. The fourth-order valence-corrected chi connectivity index (χ4v) is 4.38. The third-order valence-electron chi connectivity index (χ3n) is 5.83. The van der Waals surface area contributed by atoms with Gasteiger partial charge in [0.05, 0.1) is 7.11 Å². The second-order valence-electron chi connectivity index (χ2n) is 7.75. The van der Waals surface area contributed by atoms with E-state index in [4.69, 9.17) is 9.47 Å². The molecule has 0 amide bonds. The van der Waals surface area contributed by atoms with Gasteiger partial charge in [-0.3, -0.25) is 4.90 Å². The summed E-state index contributed by atoms with van der Waals surface area (Å²) in [5.41, 5.74) is 3.35. The fraction of sp³-hybridized carbons (Fsp3) is 0.417. The molecule has 0 spiro atoms. The Balaban J connectivity index is 0.00000256. The van der Waals surface area contributed by atoms with Crippen LogP contribution in [-0.2, 0) is 12.8 Å². The Morgan fingerprint density at radius 2 is 2.10 bits per heavy atom. The van der Waals surface area contributed by atoms with Gasteiger partial charge >= 0.3 is 0 Å². The quantitative estimate of drug-likeness (QED) is 0.518. The second-order valence-corrected chi connectivity index (χ2v) is 7.75. The first-order valence-corrected chi connectivity index (χ1v) is 10.5. The molecule has 4 rings (SSSR count). The highest BCUT2D eigenvalue weighted by molar-refractivity contribution is 5.85. The molecule has 1 N–H and O–H groups in total. The van der Waals surface area contributed by atoms with E-state index in [2.05, 4.69) is 16.8 Å². The molecule has 2 heterocycles. The molecule has 1 aromatic heterocycles. The van der Waals surface area contributed by atoms with Crippen molar-refractivity contribution < 1.29 is 13.9 Å². The Labute approximate surface area is 183 Å². The number of methoxy groups -OCH3 is 1. The number of fused-ring (bicyclic) bond motifs is 2. The summed E-state index contributed by atoms with van der Waals surface area (Å²) in [6.07, 6.45) is 6.01. The van der Waals surface area contributed by atoms with Crippen molar-refractivity contribution in [3.8, 4) is 11.5 Å². The van der Waals surface area contributed by atoms with E-state index in [0.29, 0.717) is 12.6 Å². The topological polar surface area (TPSA) is 37.5 Å². The number of halogens is 2. The van der Waals surface area contributed by atoms with Gasteiger partial charge in [0.2, 0.25) is 0 Å². The van der Waals surface area contributed by atoms with Crippen molar-refractivity contribution in [2.45, 2.75) is 38.6 Å². The van der Waals surface area contributed by atoms with Crippen LogP contribution in [0, 0.1) is 5.82 Å². The van der Waals surface area contributed by atoms with Crippen LogP contribution < -0.4 is 9.47 Å². The minimum absolute atomic E-state index is 0. The molecule has 0 saturated carbocycles. The molecule has 0 bridgehead atoms. The SMILES string of the molecule is CCCN(CCCc1c[nH]c2ccc(F)cc12)[C@H]1COc2cccc(OC)c2C1.Cl. The molecule has 2 aromatic carbocycles. The first kappa shape index (κ1) is 22.4. The van der Waals surface area contributed by atoms with Crippen molar-refractivity contribution in [2.75, 3.05) is 26.8 Å². The van der Waals surface area contributed by atoms with Gasteiger partial charge in [0.15, 0.2) is 0 Å². The normalized spacial score (nSPS) is 15.5. The zero-order valence-corrected chi connectivity index (χ0v) is 18.4. The van der Waals surface area contributed by atoms with Crippen molar-refractivity contribution in [3.05, 3.63) is 59.5 Å². The first-order chi connectivity index (χ1) is 14.2. The van der Waals surface area contributed by atoms with Crippen molar-refractivity contribution in [1.82, 2.24) is 9.88 Å². The molecule has 0 saturated heterocycles. The van der Waals surface area contributed by atoms with Crippen molar-refractivity contribution in [2.24, 2.45) is 0 Å². The predicted molar refractivity (Wildman–Crippen MR) is 122 cm³/mol. The zero-order valence-electron chi connectivity index (χ0n) is 17.6. The molecule has 0 unspecified atom stereocenters. The molecular weight excluding hydrogens is 403 g/mol. The van der Waals surface area contributed by atoms with Crippen molar-refractivity contribution in [1.29, 1.82) is 0 Å². The number of nitrogens with one attached hydrogen (secondary N) is 1. The van der Waals surface area contributed by atoms with Crippen molar-refractivity contribution in [3.63, 3.8) is 0 Å². The number of rotatable bonds is 8. The second kappa shape index (κ2) is 10.2. The van der Waals surface area contributed by atoms with E-state index < -0.39 is 0 Å². The number of aromatic amines is 1. The highest BCUT2D eigenvalue weighted by Crippen LogP contribution is 2.34. The lowest BCUT2D eigenvalue weighted by Crippen LogP contribution is -2.44. The molecule has 0 radical (unpaired) electrons. The summed E-state index contributed by atoms with van der Waals surface area (Å²) in [7, 11) is 1.72. The van der Waals surface area contributed by atoms with E-state index in [1.807, 2.05) is 30.5 Å². The van der Waals surface area contributed by atoms with Gasteiger partial charge in [-0.25, -0.2) is 4.39 Å². The average molecular weight is 433 g/mol. The molecule has 0 fully saturated rings. The van der Waals surface area contributed by atoms with Gasteiger partial charge in [0, 0.05) is 28.7 Å². The fourth-order valence-electron chi connectivity index (χ4n) is 4.38. The average Bonchev–Trinajstić information content (AvgIpc) is 3.14. The minimum Gasteiger partial charge on any atom is -0.496 e. The summed E-state index contributed by atoms with van der Waals surface area (Å²) in [4.78, 5) is 5.78. The van der Waals surface area contributed by atoms with Gasteiger partial charge in [-0.15, -0.1) is 12.4 Å². The first-order valence-electron chi connectivity index (χ1n) is 10.5. The lowest BCUT2D eigenvalue weighted by molar-refractivity contribution is 0.116. The standard InChI is InChI=1S/C24H29FN2O2.ClH/c1-3-11-27(19-14-21-23(28-2)7-4-8-24(21)29-16-19)12-5-6-17-15-26-22-10-9-18(25)13-20(17)22;/h4,7-10,13,15,19,26H,3,5-6,11-12,14,16H2,1-2H3;1H/t19-;/m1./s1. The number of ether oxygens (including phenoxy) is 2. The third kappa shape index (κ3) is 4.73. The largest absolute Gasteiger partial charge is 0.496 e. The molecule has 4 nitrogen and oxygen atoms in total. The molecular formula is C24H30ClFN2O2. The van der Waals surface area contributed by atoms with Crippen LogP contribution in [0.15, 0.2) is 42.6 Å². The summed E-state index contributed by atoms with van der Waals surface area (Å²) in [6, 6.07) is 11.3. The van der Waals surface area contributed by atoms with Gasteiger partial charge in [0.25, 0.3) is 0 Å². The van der Waals surface area contributed by atoms with Crippen LogP contribution in [0.1, 0.15) is 30.9 Å². The molecule has 0 aliphatic carbocycles. The van der Waals surface area contributed by atoms with Gasteiger partial charge in [-0.2, -0.15) is 0 Å². The maximum Gasteiger partial charge on any atom is 0.126 e. The van der Waals surface area contributed by atoms with E-state index >= 15 is 0 Å². The number of aryl methyl sites for hydroxylation is 1. The number of aromatic nitrogens is 1.